The van der Waals surface area contributed by atoms with Crippen molar-refractivity contribution in [2.75, 3.05) is 18.4 Å². The fraction of sp³-hybridized carbons (Fsp3) is 0.333. The highest BCUT2D eigenvalue weighted by atomic mass is 14.9. The van der Waals surface area contributed by atoms with E-state index in [1.54, 1.807) is 0 Å². The summed E-state index contributed by atoms with van der Waals surface area (Å²) in [6.45, 7) is 3.91. The van der Waals surface area contributed by atoms with Gasteiger partial charge < -0.3 is 11.1 Å². The number of nitrogens with two attached hydrogens (primary N) is 1. The molecule has 106 valence electrons. The Morgan fingerprint density at radius 3 is 2.20 bits per heavy atom. The average Bonchev–Trinajstić information content (AvgIpc) is 2.53. The molecule has 1 unspecified atom stereocenters. The fourth-order valence-corrected chi connectivity index (χ4v) is 2.38. The lowest BCUT2D eigenvalue weighted by atomic mass is 10.0. The van der Waals surface area contributed by atoms with Gasteiger partial charge in [0.15, 0.2) is 0 Å². The maximum absolute atomic E-state index is 5.78. The van der Waals surface area contributed by atoms with Gasteiger partial charge in [-0.25, -0.2) is 0 Å². The minimum atomic E-state index is 0.564. The molecule has 2 rings (SSSR count). The van der Waals surface area contributed by atoms with E-state index in [-0.39, 0.29) is 0 Å². The predicted molar refractivity (Wildman–Crippen MR) is 87.8 cm³/mol. The van der Waals surface area contributed by atoms with Crippen LogP contribution in [0.4, 0.5) is 5.69 Å². The Kier molecular flexibility index (Phi) is 5.63. The van der Waals surface area contributed by atoms with Crippen LogP contribution < -0.4 is 11.1 Å². The lowest BCUT2D eigenvalue weighted by Crippen LogP contribution is -2.22. The summed E-state index contributed by atoms with van der Waals surface area (Å²) in [5.41, 5.74) is 9.45. The first kappa shape index (κ1) is 14.6. The zero-order valence-corrected chi connectivity index (χ0v) is 12.2. The molecule has 0 spiro atoms. The standard InChI is InChI=1S/C18H24N2/c1-2-6-15(13-19)14-20-18-11-9-17(10-12-18)16-7-4-3-5-8-16/h3-5,7-12,15,20H,2,6,13-14,19H2,1H3. The molecule has 2 nitrogen and oxygen atoms in total. The summed E-state index contributed by atoms with van der Waals surface area (Å²) in [6.07, 6.45) is 2.38. The summed E-state index contributed by atoms with van der Waals surface area (Å²) >= 11 is 0. The van der Waals surface area contributed by atoms with E-state index in [9.17, 15) is 0 Å². The van der Waals surface area contributed by atoms with Gasteiger partial charge in [0.05, 0.1) is 0 Å². The average molecular weight is 268 g/mol. The van der Waals surface area contributed by atoms with Gasteiger partial charge in [0, 0.05) is 12.2 Å². The van der Waals surface area contributed by atoms with Crippen molar-refractivity contribution in [3.63, 3.8) is 0 Å². The molecule has 2 aromatic carbocycles. The second-order valence-corrected chi connectivity index (χ2v) is 5.21. The van der Waals surface area contributed by atoms with Crippen molar-refractivity contribution in [3.05, 3.63) is 54.6 Å². The van der Waals surface area contributed by atoms with Gasteiger partial charge in [0.25, 0.3) is 0 Å². The number of hydrogen-bond acceptors (Lipinski definition) is 2. The molecular weight excluding hydrogens is 244 g/mol. The number of rotatable bonds is 7. The van der Waals surface area contributed by atoms with E-state index in [1.807, 2.05) is 6.07 Å². The Bertz CT molecular complexity index is 491. The summed E-state index contributed by atoms with van der Waals surface area (Å²) in [6, 6.07) is 19.0. The van der Waals surface area contributed by atoms with Crippen LogP contribution in [0.5, 0.6) is 0 Å². The third kappa shape index (κ3) is 4.10. The third-order valence-corrected chi connectivity index (χ3v) is 3.62. The minimum absolute atomic E-state index is 0.564. The van der Waals surface area contributed by atoms with E-state index >= 15 is 0 Å². The summed E-state index contributed by atoms with van der Waals surface area (Å²) in [4.78, 5) is 0. The number of benzene rings is 2. The van der Waals surface area contributed by atoms with Crippen LogP contribution in [-0.4, -0.2) is 13.1 Å². The van der Waals surface area contributed by atoms with E-state index < -0.39 is 0 Å². The first-order chi connectivity index (χ1) is 9.83. The van der Waals surface area contributed by atoms with Crippen molar-refractivity contribution in [2.24, 2.45) is 11.7 Å². The molecule has 0 aliphatic carbocycles. The molecule has 0 amide bonds. The first-order valence-corrected chi connectivity index (χ1v) is 7.43. The molecule has 1 atom stereocenters. The minimum Gasteiger partial charge on any atom is -0.385 e. The second kappa shape index (κ2) is 7.71. The Hall–Kier alpha value is -1.80. The quantitative estimate of drug-likeness (QED) is 0.792. The number of anilines is 1. The van der Waals surface area contributed by atoms with Crippen LogP contribution in [0.2, 0.25) is 0 Å². The second-order valence-electron chi connectivity index (χ2n) is 5.21. The molecule has 0 heterocycles. The van der Waals surface area contributed by atoms with Crippen LogP contribution in [0.3, 0.4) is 0 Å². The van der Waals surface area contributed by atoms with Gasteiger partial charge in [-0.3, -0.25) is 0 Å². The van der Waals surface area contributed by atoms with E-state index in [4.69, 9.17) is 5.73 Å². The zero-order valence-electron chi connectivity index (χ0n) is 12.2. The van der Waals surface area contributed by atoms with Gasteiger partial charge in [0.2, 0.25) is 0 Å². The van der Waals surface area contributed by atoms with Gasteiger partial charge >= 0.3 is 0 Å². The molecule has 0 saturated carbocycles. The maximum Gasteiger partial charge on any atom is 0.0340 e. The van der Waals surface area contributed by atoms with Gasteiger partial charge in [-0.1, -0.05) is 55.8 Å². The normalized spacial score (nSPS) is 12.1. The van der Waals surface area contributed by atoms with Crippen molar-refractivity contribution >= 4 is 5.69 Å². The fourth-order valence-electron chi connectivity index (χ4n) is 2.38. The molecule has 20 heavy (non-hydrogen) atoms. The van der Waals surface area contributed by atoms with Crippen LogP contribution in [0.25, 0.3) is 11.1 Å². The Morgan fingerprint density at radius 1 is 0.950 bits per heavy atom. The van der Waals surface area contributed by atoms with Gasteiger partial charge in [-0.05, 0) is 42.1 Å². The van der Waals surface area contributed by atoms with Crippen molar-refractivity contribution in [1.82, 2.24) is 0 Å². The lowest BCUT2D eigenvalue weighted by Gasteiger charge is -2.15. The van der Waals surface area contributed by atoms with Gasteiger partial charge in [0.1, 0.15) is 0 Å². The molecule has 2 aromatic rings. The van der Waals surface area contributed by atoms with Gasteiger partial charge in [-0.15, -0.1) is 0 Å². The van der Waals surface area contributed by atoms with Crippen molar-refractivity contribution in [2.45, 2.75) is 19.8 Å². The van der Waals surface area contributed by atoms with Crippen LogP contribution in [0.15, 0.2) is 54.6 Å². The van der Waals surface area contributed by atoms with E-state index in [0.29, 0.717) is 5.92 Å². The maximum atomic E-state index is 5.78. The topological polar surface area (TPSA) is 38.0 Å². The van der Waals surface area contributed by atoms with Crippen molar-refractivity contribution in [1.29, 1.82) is 0 Å². The van der Waals surface area contributed by atoms with Gasteiger partial charge in [-0.2, -0.15) is 0 Å². The van der Waals surface area contributed by atoms with E-state index in [2.05, 4.69) is 60.8 Å². The van der Waals surface area contributed by atoms with Crippen LogP contribution >= 0.6 is 0 Å². The molecule has 3 N–H and O–H groups in total. The molecule has 0 fully saturated rings. The summed E-state index contributed by atoms with van der Waals surface area (Å²) in [5, 5.41) is 3.48. The summed E-state index contributed by atoms with van der Waals surface area (Å²) in [7, 11) is 0. The molecule has 0 aliphatic rings. The molecule has 2 heteroatoms. The van der Waals surface area contributed by atoms with Crippen LogP contribution in [0.1, 0.15) is 19.8 Å². The Labute approximate surface area is 122 Å². The largest absolute Gasteiger partial charge is 0.385 e. The summed E-state index contributed by atoms with van der Waals surface area (Å²) < 4.78 is 0. The van der Waals surface area contributed by atoms with Crippen LogP contribution in [0, 0.1) is 5.92 Å². The van der Waals surface area contributed by atoms with E-state index in [0.717, 1.165) is 13.1 Å². The van der Waals surface area contributed by atoms with Crippen molar-refractivity contribution in [3.8, 4) is 11.1 Å². The highest BCUT2D eigenvalue weighted by Crippen LogP contribution is 2.21. The Morgan fingerprint density at radius 2 is 1.60 bits per heavy atom. The monoisotopic (exact) mass is 268 g/mol. The molecule has 0 aromatic heterocycles. The SMILES string of the molecule is CCCC(CN)CNc1ccc(-c2ccccc2)cc1. The number of nitrogens with one attached hydrogen (secondary N) is 1. The van der Waals surface area contributed by atoms with Crippen LogP contribution in [-0.2, 0) is 0 Å². The smallest absolute Gasteiger partial charge is 0.0340 e. The van der Waals surface area contributed by atoms with Crippen molar-refractivity contribution < 1.29 is 0 Å². The zero-order chi connectivity index (χ0) is 14.2. The highest BCUT2D eigenvalue weighted by Gasteiger charge is 2.05. The molecule has 0 saturated heterocycles. The first-order valence-electron chi connectivity index (χ1n) is 7.43. The predicted octanol–water partition coefficient (Wildman–Crippen LogP) is 4.14. The Balaban J connectivity index is 1.95. The molecule has 0 bridgehead atoms. The summed E-state index contributed by atoms with van der Waals surface area (Å²) in [5.74, 6) is 0.564. The molecule has 0 radical (unpaired) electrons. The van der Waals surface area contributed by atoms with E-state index in [1.165, 1.54) is 29.7 Å². The molecular formula is C18H24N2. The lowest BCUT2D eigenvalue weighted by molar-refractivity contribution is 0.514. The number of hydrogen-bond donors (Lipinski definition) is 2. The highest BCUT2D eigenvalue weighted by molar-refractivity contribution is 5.65. The third-order valence-electron chi connectivity index (χ3n) is 3.62. The molecule has 0 aliphatic heterocycles.